The molecule has 0 amide bonds. The molecule has 1 heterocycles. The van der Waals surface area contributed by atoms with Crippen molar-refractivity contribution in [2.45, 2.75) is 26.8 Å². The van der Waals surface area contributed by atoms with Crippen molar-refractivity contribution in [1.82, 2.24) is 5.32 Å². The Kier molecular flexibility index (Phi) is 3.93. The summed E-state index contributed by atoms with van der Waals surface area (Å²) in [4.78, 5) is 2.40. The first kappa shape index (κ1) is 13.4. The standard InChI is InChI=1S/C15H24N2O/c1-12-6-4-5-7-14(12)17-8-13(9-18)16-10-15(2,3)11-17/h4-7,13,16,18H,8-11H2,1-3H3. The number of para-hydroxylation sites is 1. The minimum Gasteiger partial charge on any atom is -0.395 e. The lowest BCUT2D eigenvalue weighted by molar-refractivity contribution is 0.242. The SMILES string of the molecule is Cc1ccccc1N1CC(CO)NCC(C)(C)C1. The fraction of sp³-hybridized carbons (Fsp3) is 0.600. The van der Waals surface area contributed by atoms with Crippen molar-refractivity contribution in [3.05, 3.63) is 29.8 Å². The van der Waals surface area contributed by atoms with Crippen LogP contribution in [-0.4, -0.2) is 37.4 Å². The van der Waals surface area contributed by atoms with Crippen LogP contribution in [-0.2, 0) is 0 Å². The van der Waals surface area contributed by atoms with Crippen LogP contribution in [0.1, 0.15) is 19.4 Å². The van der Waals surface area contributed by atoms with Crippen molar-refractivity contribution in [2.75, 3.05) is 31.1 Å². The molecule has 1 fully saturated rings. The number of rotatable bonds is 2. The maximum atomic E-state index is 9.43. The number of benzene rings is 1. The van der Waals surface area contributed by atoms with Gasteiger partial charge in [-0.15, -0.1) is 0 Å². The van der Waals surface area contributed by atoms with Gasteiger partial charge in [-0.05, 0) is 24.0 Å². The summed E-state index contributed by atoms with van der Waals surface area (Å²) in [6, 6.07) is 8.64. The van der Waals surface area contributed by atoms with Gasteiger partial charge in [0, 0.05) is 31.4 Å². The third-order valence-corrected chi connectivity index (χ3v) is 3.61. The van der Waals surface area contributed by atoms with Gasteiger partial charge in [-0.3, -0.25) is 0 Å². The summed E-state index contributed by atoms with van der Waals surface area (Å²) in [5.41, 5.74) is 2.80. The minimum absolute atomic E-state index is 0.159. The van der Waals surface area contributed by atoms with Gasteiger partial charge < -0.3 is 15.3 Å². The second-order valence-corrected chi connectivity index (χ2v) is 6.09. The molecule has 2 rings (SSSR count). The lowest BCUT2D eigenvalue weighted by Crippen LogP contribution is -2.40. The van der Waals surface area contributed by atoms with Crippen LogP contribution in [0.5, 0.6) is 0 Å². The summed E-state index contributed by atoms with van der Waals surface area (Å²) in [6.45, 7) is 9.70. The normalized spacial score (nSPS) is 23.8. The van der Waals surface area contributed by atoms with Crippen LogP contribution in [0.25, 0.3) is 0 Å². The van der Waals surface area contributed by atoms with E-state index < -0.39 is 0 Å². The fourth-order valence-electron chi connectivity index (χ4n) is 2.61. The van der Waals surface area contributed by atoms with E-state index in [9.17, 15) is 5.11 Å². The predicted octanol–water partition coefficient (Wildman–Crippen LogP) is 1.79. The number of anilines is 1. The van der Waals surface area contributed by atoms with Gasteiger partial charge in [-0.2, -0.15) is 0 Å². The molecule has 1 aromatic carbocycles. The Balaban J connectivity index is 2.26. The Hall–Kier alpha value is -1.06. The Morgan fingerprint density at radius 2 is 2.11 bits per heavy atom. The molecule has 18 heavy (non-hydrogen) atoms. The number of hydrogen-bond acceptors (Lipinski definition) is 3. The molecular formula is C15H24N2O. The molecule has 1 saturated heterocycles. The molecule has 1 unspecified atom stereocenters. The Labute approximate surface area is 110 Å². The van der Waals surface area contributed by atoms with Crippen molar-refractivity contribution in [3.63, 3.8) is 0 Å². The van der Waals surface area contributed by atoms with Gasteiger partial charge in [-0.25, -0.2) is 0 Å². The molecule has 1 aliphatic heterocycles. The minimum atomic E-state index is 0.159. The van der Waals surface area contributed by atoms with Crippen molar-refractivity contribution in [1.29, 1.82) is 0 Å². The molecule has 100 valence electrons. The lowest BCUT2D eigenvalue weighted by Gasteiger charge is -2.32. The Morgan fingerprint density at radius 1 is 1.39 bits per heavy atom. The molecule has 0 aliphatic carbocycles. The van der Waals surface area contributed by atoms with Crippen molar-refractivity contribution in [2.24, 2.45) is 5.41 Å². The van der Waals surface area contributed by atoms with E-state index in [0.29, 0.717) is 0 Å². The third kappa shape index (κ3) is 3.03. The van der Waals surface area contributed by atoms with E-state index in [1.54, 1.807) is 0 Å². The average molecular weight is 248 g/mol. The first-order chi connectivity index (χ1) is 8.52. The molecule has 2 N–H and O–H groups in total. The number of aliphatic hydroxyl groups is 1. The number of nitrogens with one attached hydrogen (secondary N) is 1. The monoisotopic (exact) mass is 248 g/mol. The van der Waals surface area contributed by atoms with E-state index in [4.69, 9.17) is 0 Å². The van der Waals surface area contributed by atoms with Gasteiger partial charge in [0.15, 0.2) is 0 Å². The highest BCUT2D eigenvalue weighted by Gasteiger charge is 2.29. The smallest absolute Gasteiger partial charge is 0.0601 e. The van der Waals surface area contributed by atoms with E-state index in [1.807, 2.05) is 0 Å². The van der Waals surface area contributed by atoms with Crippen LogP contribution in [0.15, 0.2) is 24.3 Å². The third-order valence-electron chi connectivity index (χ3n) is 3.61. The zero-order valence-electron chi connectivity index (χ0n) is 11.6. The summed E-state index contributed by atoms with van der Waals surface area (Å²) < 4.78 is 0. The maximum absolute atomic E-state index is 9.43. The number of nitrogens with zero attached hydrogens (tertiary/aromatic N) is 1. The zero-order chi connectivity index (χ0) is 13.2. The highest BCUT2D eigenvalue weighted by atomic mass is 16.3. The van der Waals surface area contributed by atoms with Crippen molar-refractivity contribution in [3.8, 4) is 0 Å². The van der Waals surface area contributed by atoms with E-state index in [1.165, 1.54) is 11.3 Å². The maximum Gasteiger partial charge on any atom is 0.0601 e. The van der Waals surface area contributed by atoms with Crippen LogP contribution >= 0.6 is 0 Å². The molecule has 0 aromatic heterocycles. The van der Waals surface area contributed by atoms with Crippen LogP contribution in [0.3, 0.4) is 0 Å². The van der Waals surface area contributed by atoms with E-state index in [-0.39, 0.29) is 18.1 Å². The first-order valence-corrected chi connectivity index (χ1v) is 6.67. The molecule has 0 saturated carbocycles. The quantitative estimate of drug-likeness (QED) is 0.837. The second-order valence-electron chi connectivity index (χ2n) is 6.09. The number of aliphatic hydroxyl groups excluding tert-OH is 1. The summed E-state index contributed by atoms with van der Waals surface area (Å²) in [5.74, 6) is 0. The summed E-state index contributed by atoms with van der Waals surface area (Å²) >= 11 is 0. The summed E-state index contributed by atoms with van der Waals surface area (Å²) in [6.07, 6.45) is 0. The molecule has 1 aliphatic rings. The van der Waals surface area contributed by atoms with Crippen LogP contribution in [0, 0.1) is 12.3 Å². The number of aryl methyl sites for hydroxylation is 1. The van der Waals surface area contributed by atoms with Crippen LogP contribution in [0.4, 0.5) is 5.69 Å². The van der Waals surface area contributed by atoms with Gasteiger partial charge in [0.2, 0.25) is 0 Å². The van der Waals surface area contributed by atoms with Gasteiger partial charge in [0.05, 0.1) is 6.61 Å². The molecule has 0 spiro atoms. The molecule has 1 atom stereocenters. The lowest BCUT2D eigenvalue weighted by atomic mass is 9.93. The molecule has 3 nitrogen and oxygen atoms in total. The zero-order valence-corrected chi connectivity index (χ0v) is 11.6. The largest absolute Gasteiger partial charge is 0.395 e. The van der Waals surface area contributed by atoms with Gasteiger partial charge >= 0.3 is 0 Å². The van der Waals surface area contributed by atoms with Crippen LogP contribution < -0.4 is 10.2 Å². The van der Waals surface area contributed by atoms with E-state index in [2.05, 4.69) is 55.3 Å². The molecular weight excluding hydrogens is 224 g/mol. The van der Waals surface area contributed by atoms with E-state index in [0.717, 1.165) is 19.6 Å². The van der Waals surface area contributed by atoms with Crippen LogP contribution in [0.2, 0.25) is 0 Å². The van der Waals surface area contributed by atoms with Crippen molar-refractivity contribution >= 4 is 5.69 Å². The fourth-order valence-corrected chi connectivity index (χ4v) is 2.61. The van der Waals surface area contributed by atoms with Gasteiger partial charge in [-0.1, -0.05) is 32.0 Å². The second kappa shape index (κ2) is 5.29. The van der Waals surface area contributed by atoms with Crippen molar-refractivity contribution < 1.29 is 5.11 Å². The molecule has 3 heteroatoms. The Bertz CT molecular complexity index is 403. The highest BCUT2D eigenvalue weighted by Crippen LogP contribution is 2.26. The topological polar surface area (TPSA) is 35.5 Å². The molecule has 0 radical (unpaired) electrons. The average Bonchev–Trinajstić information content (AvgIpc) is 2.48. The number of hydrogen-bond donors (Lipinski definition) is 2. The highest BCUT2D eigenvalue weighted by molar-refractivity contribution is 5.53. The molecule has 1 aromatic rings. The molecule has 0 bridgehead atoms. The van der Waals surface area contributed by atoms with Gasteiger partial charge in [0.1, 0.15) is 0 Å². The predicted molar refractivity (Wildman–Crippen MR) is 76.0 cm³/mol. The summed E-state index contributed by atoms with van der Waals surface area (Å²) in [7, 11) is 0. The van der Waals surface area contributed by atoms with Gasteiger partial charge in [0.25, 0.3) is 0 Å². The summed E-state index contributed by atoms with van der Waals surface area (Å²) in [5, 5.41) is 12.9. The first-order valence-electron chi connectivity index (χ1n) is 6.67. The van der Waals surface area contributed by atoms with E-state index >= 15 is 0 Å². The Morgan fingerprint density at radius 3 is 2.78 bits per heavy atom.